The summed E-state index contributed by atoms with van der Waals surface area (Å²) in [6.45, 7) is 3.91. The van der Waals surface area contributed by atoms with Crippen molar-refractivity contribution in [3.63, 3.8) is 0 Å². The lowest BCUT2D eigenvalue weighted by atomic mass is 10.2. The highest BCUT2D eigenvalue weighted by Crippen LogP contribution is 2.23. The maximum absolute atomic E-state index is 12.3. The van der Waals surface area contributed by atoms with Gasteiger partial charge >= 0.3 is 5.97 Å². The van der Waals surface area contributed by atoms with Crippen LogP contribution in [0, 0.1) is 0 Å². The fourth-order valence-electron chi connectivity index (χ4n) is 1.86. The molecule has 0 aliphatic carbocycles. The number of amides is 1. The molecule has 1 heterocycles. The number of hydrogen-bond donors (Lipinski definition) is 2. The van der Waals surface area contributed by atoms with Gasteiger partial charge in [0.15, 0.2) is 9.84 Å². The van der Waals surface area contributed by atoms with Crippen molar-refractivity contribution in [1.82, 2.24) is 4.98 Å². The van der Waals surface area contributed by atoms with Crippen LogP contribution in [0.2, 0.25) is 0 Å². The predicted molar refractivity (Wildman–Crippen MR) is 90.7 cm³/mol. The molecule has 0 unspecified atom stereocenters. The Kier molecular flexibility index (Phi) is 5.05. The molecular formula is C15H16N2O5S2. The Morgan fingerprint density at radius 2 is 1.92 bits per heavy atom. The van der Waals surface area contributed by atoms with Gasteiger partial charge in [0.2, 0.25) is 0 Å². The van der Waals surface area contributed by atoms with E-state index in [2.05, 4.69) is 10.3 Å². The fraction of sp³-hybridized carbons (Fsp3) is 0.267. The molecule has 2 rings (SSSR count). The number of rotatable bonds is 5. The number of carboxylic acids is 1. The standard InChI is InChI=1S/C15H16N2O5S2/c1-8(2)14-16-7-12(23-14)13(18)17-10-4-9(15(19)20)5-11(6-10)24(3,21)22/h4-8H,1-3H3,(H,17,18)(H,19,20). The summed E-state index contributed by atoms with van der Waals surface area (Å²) < 4.78 is 23.4. The van der Waals surface area contributed by atoms with E-state index in [-0.39, 0.29) is 22.1 Å². The number of anilines is 1. The van der Waals surface area contributed by atoms with E-state index < -0.39 is 21.7 Å². The van der Waals surface area contributed by atoms with E-state index >= 15 is 0 Å². The normalized spacial score (nSPS) is 11.5. The Morgan fingerprint density at radius 3 is 2.42 bits per heavy atom. The van der Waals surface area contributed by atoms with Crippen LogP contribution in [-0.2, 0) is 9.84 Å². The van der Waals surface area contributed by atoms with Crippen molar-refractivity contribution in [2.45, 2.75) is 24.7 Å². The van der Waals surface area contributed by atoms with Crippen molar-refractivity contribution in [3.8, 4) is 0 Å². The number of nitrogens with one attached hydrogen (secondary N) is 1. The monoisotopic (exact) mass is 368 g/mol. The minimum Gasteiger partial charge on any atom is -0.478 e. The van der Waals surface area contributed by atoms with Crippen LogP contribution in [-0.4, -0.2) is 36.6 Å². The number of aromatic carboxylic acids is 1. The summed E-state index contributed by atoms with van der Waals surface area (Å²) in [5, 5.41) is 12.4. The topological polar surface area (TPSA) is 113 Å². The number of carbonyl (C=O) groups is 2. The highest BCUT2D eigenvalue weighted by atomic mass is 32.2. The van der Waals surface area contributed by atoms with E-state index in [1.807, 2.05) is 13.8 Å². The molecule has 2 N–H and O–H groups in total. The lowest BCUT2D eigenvalue weighted by Crippen LogP contribution is -2.12. The second-order valence-corrected chi connectivity index (χ2v) is 8.57. The molecule has 1 aromatic heterocycles. The van der Waals surface area contributed by atoms with Crippen molar-refractivity contribution >= 4 is 38.7 Å². The van der Waals surface area contributed by atoms with Gasteiger partial charge in [-0.2, -0.15) is 0 Å². The molecule has 0 radical (unpaired) electrons. The van der Waals surface area contributed by atoms with Crippen LogP contribution >= 0.6 is 11.3 Å². The van der Waals surface area contributed by atoms with Crippen molar-refractivity contribution in [3.05, 3.63) is 39.8 Å². The van der Waals surface area contributed by atoms with Crippen molar-refractivity contribution < 1.29 is 23.1 Å². The maximum atomic E-state index is 12.3. The summed E-state index contributed by atoms with van der Waals surface area (Å²) >= 11 is 1.23. The third kappa shape index (κ3) is 4.18. The van der Waals surface area contributed by atoms with Gasteiger partial charge in [0.05, 0.1) is 21.7 Å². The van der Waals surface area contributed by atoms with Gasteiger partial charge in [0.25, 0.3) is 5.91 Å². The molecule has 0 spiro atoms. The second kappa shape index (κ2) is 6.70. The molecule has 128 valence electrons. The van der Waals surface area contributed by atoms with Crippen molar-refractivity contribution in [2.75, 3.05) is 11.6 Å². The van der Waals surface area contributed by atoms with E-state index in [1.165, 1.54) is 29.7 Å². The number of hydrogen-bond acceptors (Lipinski definition) is 6. The summed E-state index contributed by atoms with van der Waals surface area (Å²) in [6.07, 6.45) is 2.41. The fourth-order valence-corrected chi connectivity index (χ4v) is 3.36. The van der Waals surface area contributed by atoms with E-state index in [9.17, 15) is 18.0 Å². The first kappa shape index (κ1) is 18.1. The zero-order valence-electron chi connectivity index (χ0n) is 13.2. The van der Waals surface area contributed by atoms with Crippen LogP contribution in [0.3, 0.4) is 0 Å². The predicted octanol–water partition coefficient (Wildman–Crippen LogP) is 2.62. The van der Waals surface area contributed by atoms with Gasteiger partial charge in [0, 0.05) is 17.9 Å². The number of carbonyl (C=O) groups excluding carboxylic acids is 1. The number of nitrogens with zero attached hydrogens (tertiary/aromatic N) is 1. The highest BCUT2D eigenvalue weighted by molar-refractivity contribution is 7.90. The van der Waals surface area contributed by atoms with Gasteiger partial charge in [-0.25, -0.2) is 18.2 Å². The first-order valence-electron chi connectivity index (χ1n) is 6.93. The molecule has 0 atom stereocenters. The molecule has 1 aromatic carbocycles. The third-order valence-corrected chi connectivity index (χ3v) is 5.47. The molecule has 0 aliphatic rings. The summed E-state index contributed by atoms with van der Waals surface area (Å²) in [5.74, 6) is -1.57. The average molecular weight is 368 g/mol. The lowest BCUT2D eigenvalue weighted by molar-refractivity contribution is 0.0696. The molecule has 2 aromatic rings. The van der Waals surface area contributed by atoms with Gasteiger partial charge in [-0.3, -0.25) is 4.79 Å². The Morgan fingerprint density at radius 1 is 1.25 bits per heavy atom. The van der Waals surface area contributed by atoms with E-state index in [0.29, 0.717) is 4.88 Å². The Hall–Kier alpha value is -2.26. The lowest BCUT2D eigenvalue weighted by Gasteiger charge is -2.08. The molecule has 0 saturated heterocycles. The smallest absolute Gasteiger partial charge is 0.335 e. The molecular weight excluding hydrogens is 352 g/mol. The SMILES string of the molecule is CC(C)c1ncc(C(=O)Nc2cc(C(=O)O)cc(S(C)(=O)=O)c2)s1. The van der Waals surface area contributed by atoms with E-state index in [0.717, 1.165) is 17.3 Å². The first-order valence-corrected chi connectivity index (χ1v) is 9.64. The summed E-state index contributed by atoms with van der Waals surface area (Å²) in [7, 11) is -3.61. The number of carboxylic acid groups (broad SMARTS) is 1. The molecule has 1 amide bonds. The highest BCUT2D eigenvalue weighted by Gasteiger charge is 2.17. The van der Waals surface area contributed by atoms with Crippen LogP contribution in [0.15, 0.2) is 29.3 Å². The van der Waals surface area contributed by atoms with Crippen LogP contribution in [0.4, 0.5) is 5.69 Å². The van der Waals surface area contributed by atoms with Gasteiger partial charge in [-0.15, -0.1) is 11.3 Å². The van der Waals surface area contributed by atoms with Crippen molar-refractivity contribution in [1.29, 1.82) is 0 Å². The summed E-state index contributed by atoms with van der Waals surface area (Å²) in [6, 6.07) is 3.49. The van der Waals surface area contributed by atoms with Crippen LogP contribution in [0.1, 0.15) is 44.8 Å². The number of benzene rings is 1. The minimum atomic E-state index is -3.61. The van der Waals surface area contributed by atoms with E-state index in [4.69, 9.17) is 5.11 Å². The molecule has 0 saturated carbocycles. The molecule has 24 heavy (non-hydrogen) atoms. The van der Waals surface area contributed by atoms with Gasteiger partial charge in [-0.05, 0) is 18.2 Å². The van der Waals surface area contributed by atoms with Crippen molar-refractivity contribution in [2.24, 2.45) is 0 Å². The molecule has 0 aliphatic heterocycles. The number of thiazole rings is 1. The quantitative estimate of drug-likeness (QED) is 0.839. The largest absolute Gasteiger partial charge is 0.478 e. The summed E-state index contributed by atoms with van der Waals surface area (Å²) in [5.41, 5.74) is -0.125. The number of aromatic nitrogens is 1. The average Bonchev–Trinajstić information content (AvgIpc) is 2.96. The third-order valence-electron chi connectivity index (χ3n) is 3.08. The van der Waals surface area contributed by atoms with Gasteiger partial charge < -0.3 is 10.4 Å². The molecule has 7 nitrogen and oxygen atoms in total. The van der Waals surface area contributed by atoms with Crippen LogP contribution in [0.5, 0.6) is 0 Å². The molecule has 0 fully saturated rings. The van der Waals surface area contributed by atoms with Crippen LogP contribution in [0.25, 0.3) is 0 Å². The van der Waals surface area contributed by atoms with Gasteiger partial charge in [0.1, 0.15) is 4.88 Å². The second-order valence-electron chi connectivity index (χ2n) is 5.49. The minimum absolute atomic E-state index is 0.0971. The Bertz CT molecular complexity index is 900. The Labute approximate surface area is 143 Å². The number of sulfone groups is 1. The zero-order valence-corrected chi connectivity index (χ0v) is 14.9. The molecule has 0 bridgehead atoms. The zero-order chi connectivity index (χ0) is 18.1. The summed E-state index contributed by atoms with van der Waals surface area (Å²) in [4.78, 5) is 27.7. The van der Waals surface area contributed by atoms with Crippen LogP contribution < -0.4 is 5.32 Å². The maximum Gasteiger partial charge on any atom is 0.335 e. The Balaban J connectivity index is 2.35. The van der Waals surface area contributed by atoms with Gasteiger partial charge in [-0.1, -0.05) is 13.8 Å². The molecule has 9 heteroatoms. The van der Waals surface area contributed by atoms with E-state index in [1.54, 1.807) is 0 Å². The first-order chi connectivity index (χ1) is 11.1.